The van der Waals surface area contributed by atoms with E-state index in [1.807, 2.05) is 12.4 Å². The molecular weight excluding hydrogens is 439 g/mol. The lowest BCUT2D eigenvalue weighted by Crippen LogP contribution is -2.18. The third kappa shape index (κ3) is 5.52. The molecule has 2 aromatic carbocycles. The van der Waals surface area contributed by atoms with E-state index in [-0.39, 0.29) is 0 Å². The molecule has 2 aromatic heterocycles. The minimum atomic E-state index is 0.399. The third-order valence-electron chi connectivity index (χ3n) is 6.91. The molecule has 1 saturated heterocycles. The normalized spacial score (nSPS) is 16.4. The molecule has 0 radical (unpaired) electrons. The van der Waals surface area contributed by atoms with Crippen molar-refractivity contribution < 1.29 is 4.48 Å². The smallest absolute Gasteiger partial charge is 0.123 e. The number of hydrogen-bond acceptors (Lipinski definition) is 4. The zero-order chi connectivity index (χ0) is 24.2. The molecule has 0 spiro atoms. The largest absolute Gasteiger partial charge is 0.342 e. The number of hydrogen-bond donors (Lipinski definition) is 2. The summed E-state index contributed by atoms with van der Waals surface area (Å²) in [5.41, 5.74) is 6.68. The summed E-state index contributed by atoms with van der Waals surface area (Å²) in [5.74, 6) is 2.01. The van der Waals surface area contributed by atoms with Crippen molar-refractivity contribution in [3.63, 3.8) is 0 Å². The number of H-pyrrole nitrogens is 2. The number of aromatic amines is 2. The van der Waals surface area contributed by atoms with E-state index < -0.39 is 0 Å². The number of imidazole rings is 2. The highest BCUT2D eigenvalue weighted by molar-refractivity contribution is 5.71. The third-order valence-corrected chi connectivity index (χ3v) is 6.91. The molecule has 5 rings (SSSR count). The number of aromatic nitrogens is 4. The predicted molar refractivity (Wildman–Crippen MR) is 138 cm³/mol. The van der Waals surface area contributed by atoms with Crippen LogP contribution in [-0.4, -0.2) is 57.1 Å². The molecule has 35 heavy (non-hydrogen) atoms. The molecule has 1 aliphatic rings. The Labute approximate surface area is 206 Å². The van der Waals surface area contributed by atoms with Crippen LogP contribution < -0.4 is 0 Å². The highest BCUT2D eigenvalue weighted by Gasteiger charge is 2.25. The molecular formula is C28H33FN6. The van der Waals surface area contributed by atoms with Crippen molar-refractivity contribution in [2.24, 2.45) is 0 Å². The van der Waals surface area contributed by atoms with Gasteiger partial charge in [0.05, 0.1) is 29.8 Å². The number of nitrogens with zero attached hydrogens (tertiary/aromatic N) is 4. The molecule has 7 heteroatoms. The van der Waals surface area contributed by atoms with Gasteiger partial charge in [0, 0.05) is 20.0 Å². The first-order valence-corrected chi connectivity index (χ1v) is 12.4. The second-order valence-electron chi connectivity index (χ2n) is 9.50. The zero-order valence-electron chi connectivity index (χ0n) is 20.5. The standard InChI is InChI=1S/C28H33FN6/c1-34-16-5-6-26(34)28-31-19-25(33-28)23-14-10-21(11-15-23)20-8-12-22(13-9-20)24-18-30-27(32-24)7-3-4-17-35(2)29/h8-15,18-19,26H,3-7,16-17H2,1-2H3,(H,30,32)(H,31,33). The summed E-state index contributed by atoms with van der Waals surface area (Å²) in [5, 5.41) is 0.728. The maximum absolute atomic E-state index is 12.8. The monoisotopic (exact) mass is 472 g/mol. The quantitative estimate of drug-likeness (QED) is 0.230. The van der Waals surface area contributed by atoms with Crippen molar-refractivity contribution in [2.45, 2.75) is 38.1 Å². The van der Waals surface area contributed by atoms with E-state index in [0.29, 0.717) is 12.6 Å². The van der Waals surface area contributed by atoms with E-state index in [2.05, 4.69) is 80.4 Å². The van der Waals surface area contributed by atoms with Crippen molar-refractivity contribution in [2.75, 3.05) is 27.2 Å². The number of halogens is 1. The van der Waals surface area contributed by atoms with E-state index in [9.17, 15) is 4.48 Å². The molecule has 4 aromatic rings. The van der Waals surface area contributed by atoms with Gasteiger partial charge >= 0.3 is 0 Å². The number of unbranched alkanes of at least 4 members (excludes halogenated alkanes) is 1. The molecule has 1 fully saturated rings. The van der Waals surface area contributed by atoms with Crippen molar-refractivity contribution >= 4 is 0 Å². The Hall–Kier alpha value is -3.29. The van der Waals surface area contributed by atoms with Crippen LogP contribution in [-0.2, 0) is 6.42 Å². The van der Waals surface area contributed by atoms with Crippen LogP contribution in [0.1, 0.15) is 43.4 Å². The average Bonchev–Trinajstić information content (AvgIpc) is 3.63. The second-order valence-corrected chi connectivity index (χ2v) is 9.50. The molecule has 6 nitrogen and oxygen atoms in total. The van der Waals surface area contributed by atoms with Gasteiger partial charge in [-0.05, 0) is 61.5 Å². The number of benzene rings is 2. The van der Waals surface area contributed by atoms with Gasteiger partial charge in [0.25, 0.3) is 0 Å². The highest BCUT2D eigenvalue weighted by Crippen LogP contribution is 2.31. The Balaban J connectivity index is 1.22. The average molecular weight is 473 g/mol. The molecule has 182 valence electrons. The van der Waals surface area contributed by atoms with Crippen LogP contribution >= 0.6 is 0 Å². The lowest BCUT2D eigenvalue weighted by atomic mass is 10.0. The predicted octanol–water partition coefficient (Wildman–Crippen LogP) is 6.04. The van der Waals surface area contributed by atoms with Crippen molar-refractivity contribution in [1.29, 1.82) is 0 Å². The van der Waals surface area contributed by atoms with E-state index in [1.54, 1.807) is 0 Å². The fraction of sp³-hybridized carbons (Fsp3) is 0.357. The summed E-state index contributed by atoms with van der Waals surface area (Å²) in [6.07, 6.45) is 8.77. The van der Waals surface area contributed by atoms with Crippen molar-refractivity contribution in [3.05, 3.63) is 72.6 Å². The molecule has 2 N–H and O–H groups in total. The first-order chi connectivity index (χ1) is 17.1. The summed E-state index contributed by atoms with van der Waals surface area (Å²) in [6.45, 7) is 1.59. The summed E-state index contributed by atoms with van der Waals surface area (Å²) >= 11 is 0. The van der Waals surface area contributed by atoms with Gasteiger partial charge in [-0.2, -0.15) is 0 Å². The Kier molecular flexibility index (Phi) is 7.06. The van der Waals surface area contributed by atoms with Crippen LogP contribution in [0.5, 0.6) is 0 Å². The Bertz CT molecular complexity index is 1230. The summed E-state index contributed by atoms with van der Waals surface area (Å²) < 4.78 is 12.8. The fourth-order valence-electron chi connectivity index (χ4n) is 4.85. The SMILES string of the molecule is CN(F)CCCCc1ncc(-c2ccc(-c3ccc(-c4cnc(C5CCCN5C)[nH]4)cc3)cc2)[nH]1. The maximum atomic E-state index is 12.8. The van der Waals surface area contributed by atoms with Gasteiger partial charge in [-0.25, -0.2) is 9.97 Å². The van der Waals surface area contributed by atoms with Crippen LogP contribution in [0.4, 0.5) is 4.48 Å². The van der Waals surface area contributed by atoms with Gasteiger partial charge < -0.3 is 9.97 Å². The van der Waals surface area contributed by atoms with Gasteiger partial charge in [-0.15, -0.1) is 9.60 Å². The second kappa shape index (κ2) is 10.5. The molecule has 3 heterocycles. The van der Waals surface area contributed by atoms with Crippen LogP contribution in [0.2, 0.25) is 0 Å². The Morgan fingerprint density at radius 1 is 0.886 bits per heavy atom. The molecule has 1 atom stereocenters. The van der Waals surface area contributed by atoms with Crippen LogP contribution in [0.3, 0.4) is 0 Å². The van der Waals surface area contributed by atoms with E-state index in [4.69, 9.17) is 0 Å². The van der Waals surface area contributed by atoms with E-state index >= 15 is 0 Å². The lowest BCUT2D eigenvalue weighted by molar-refractivity contribution is 0.0582. The molecule has 1 unspecified atom stereocenters. The minimum Gasteiger partial charge on any atom is -0.342 e. The lowest BCUT2D eigenvalue weighted by Gasteiger charge is -2.16. The van der Waals surface area contributed by atoms with Crippen LogP contribution in [0.25, 0.3) is 33.6 Å². The molecule has 0 amide bonds. The van der Waals surface area contributed by atoms with Gasteiger partial charge in [-0.3, -0.25) is 4.90 Å². The molecule has 0 aliphatic carbocycles. The molecule has 0 saturated carbocycles. The van der Waals surface area contributed by atoms with Crippen LogP contribution in [0, 0.1) is 0 Å². The van der Waals surface area contributed by atoms with Crippen molar-refractivity contribution in [1.82, 2.24) is 30.0 Å². The number of rotatable bonds is 9. The zero-order valence-corrected chi connectivity index (χ0v) is 20.5. The summed E-state index contributed by atoms with van der Waals surface area (Å²) in [7, 11) is 3.62. The van der Waals surface area contributed by atoms with Gasteiger partial charge in [0.1, 0.15) is 11.6 Å². The minimum absolute atomic E-state index is 0.399. The first kappa shape index (κ1) is 23.5. The summed E-state index contributed by atoms with van der Waals surface area (Å²) in [4.78, 5) is 18.4. The highest BCUT2D eigenvalue weighted by atomic mass is 19.2. The van der Waals surface area contributed by atoms with E-state index in [0.717, 1.165) is 71.5 Å². The number of aryl methyl sites for hydroxylation is 1. The van der Waals surface area contributed by atoms with Gasteiger partial charge in [0.15, 0.2) is 0 Å². The van der Waals surface area contributed by atoms with Crippen molar-refractivity contribution in [3.8, 4) is 33.6 Å². The Morgan fingerprint density at radius 3 is 2.09 bits per heavy atom. The molecule has 0 bridgehead atoms. The maximum Gasteiger partial charge on any atom is 0.123 e. The number of likely N-dealkylation sites (tertiary alicyclic amines) is 1. The Morgan fingerprint density at radius 2 is 1.49 bits per heavy atom. The van der Waals surface area contributed by atoms with Crippen LogP contribution in [0.15, 0.2) is 60.9 Å². The summed E-state index contributed by atoms with van der Waals surface area (Å²) in [6, 6.07) is 17.6. The van der Waals surface area contributed by atoms with E-state index in [1.165, 1.54) is 24.6 Å². The van der Waals surface area contributed by atoms with Gasteiger partial charge in [-0.1, -0.05) is 48.5 Å². The fourth-order valence-corrected chi connectivity index (χ4v) is 4.85. The first-order valence-electron chi connectivity index (χ1n) is 12.4. The number of nitrogens with one attached hydrogen (secondary N) is 2. The topological polar surface area (TPSA) is 63.8 Å². The molecule has 1 aliphatic heterocycles. The van der Waals surface area contributed by atoms with Gasteiger partial charge in [0.2, 0.25) is 0 Å².